The Labute approximate surface area is 151 Å². The van der Waals surface area contributed by atoms with E-state index < -0.39 is 0 Å². The summed E-state index contributed by atoms with van der Waals surface area (Å²) in [5.41, 5.74) is 3.90. The first-order valence-electron chi connectivity index (χ1n) is 9.78. The van der Waals surface area contributed by atoms with Gasteiger partial charge in [0.05, 0.1) is 11.9 Å². The van der Waals surface area contributed by atoms with Crippen molar-refractivity contribution in [1.82, 2.24) is 19.6 Å². The molecule has 0 aliphatic carbocycles. The molecule has 0 spiro atoms. The molecule has 4 heteroatoms. The highest BCUT2D eigenvalue weighted by atomic mass is 15.3. The lowest BCUT2D eigenvalue weighted by Crippen LogP contribution is -2.31. The minimum absolute atomic E-state index is 0.769. The van der Waals surface area contributed by atoms with Crippen LogP contribution in [0.1, 0.15) is 37.3 Å². The van der Waals surface area contributed by atoms with Gasteiger partial charge in [0.2, 0.25) is 0 Å². The smallest absolute Gasteiger partial charge is 0.0645 e. The van der Waals surface area contributed by atoms with E-state index in [1.807, 2.05) is 10.9 Å². The van der Waals surface area contributed by atoms with Gasteiger partial charge in [-0.3, -0.25) is 4.90 Å². The average molecular weight is 338 g/mol. The number of nitrogens with zero attached hydrogens (tertiary/aromatic N) is 4. The minimum atomic E-state index is 0.769. The van der Waals surface area contributed by atoms with Gasteiger partial charge in [0.15, 0.2) is 0 Å². The molecule has 4 nitrogen and oxygen atoms in total. The fraction of sp³-hybridized carbons (Fsp3) is 0.571. The lowest BCUT2D eigenvalue weighted by Gasteiger charge is -2.19. The molecule has 4 rings (SSSR count). The normalized spacial score (nSPS) is 24.1. The summed E-state index contributed by atoms with van der Waals surface area (Å²) in [6, 6.07) is 9.63. The molecule has 0 amide bonds. The second kappa shape index (κ2) is 7.30. The van der Waals surface area contributed by atoms with Gasteiger partial charge in [-0.2, -0.15) is 5.10 Å². The van der Waals surface area contributed by atoms with Crippen LogP contribution < -0.4 is 0 Å². The summed E-state index contributed by atoms with van der Waals surface area (Å²) < 4.78 is 2.02. The Hall–Kier alpha value is -1.65. The number of benzene rings is 1. The molecule has 0 radical (unpaired) electrons. The van der Waals surface area contributed by atoms with E-state index in [1.54, 1.807) is 0 Å². The summed E-state index contributed by atoms with van der Waals surface area (Å²) in [6.45, 7) is 6.99. The largest absolute Gasteiger partial charge is 0.302 e. The molecule has 0 N–H and O–H groups in total. The maximum atomic E-state index is 4.59. The van der Waals surface area contributed by atoms with Crippen molar-refractivity contribution in [2.45, 2.75) is 45.2 Å². The molecule has 25 heavy (non-hydrogen) atoms. The summed E-state index contributed by atoms with van der Waals surface area (Å²) in [7, 11) is 2.27. The zero-order chi connectivity index (χ0) is 17.2. The number of likely N-dealkylation sites (N-methyl/N-ethyl adjacent to an activating group) is 1. The topological polar surface area (TPSA) is 24.3 Å². The Morgan fingerprint density at radius 1 is 1.12 bits per heavy atom. The summed E-state index contributed by atoms with van der Waals surface area (Å²) in [4.78, 5) is 5.13. The van der Waals surface area contributed by atoms with Crippen molar-refractivity contribution < 1.29 is 0 Å². The number of likely N-dealkylation sites (tertiary alicyclic amines) is 2. The highest BCUT2D eigenvalue weighted by Crippen LogP contribution is 2.30. The third kappa shape index (κ3) is 3.65. The molecule has 1 aromatic heterocycles. The van der Waals surface area contributed by atoms with Crippen molar-refractivity contribution in [3.8, 4) is 5.69 Å². The van der Waals surface area contributed by atoms with Crippen LogP contribution in [0.25, 0.3) is 5.69 Å². The first-order chi connectivity index (χ1) is 12.2. The number of hydrogen-bond donors (Lipinski definition) is 0. The monoisotopic (exact) mass is 338 g/mol. The first kappa shape index (κ1) is 16.8. The molecule has 2 aromatic rings. The van der Waals surface area contributed by atoms with Crippen LogP contribution in [0.3, 0.4) is 0 Å². The van der Waals surface area contributed by atoms with Crippen molar-refractivity contribution in [2.75, 3.05) is 26.7 Å². The predicted molar refractivity (Wildman–Crippen MR) is 102 cm³/mol. The van der Waals surface area contributed by atoms with Gasteiger partial charge in [0, 0.05) is 37.4 Å². The molecule has 0 bridgehead atoms. The van der Waals surface area contributed by atoms with Crippen LogP contribution in [-0.2, 0) is 13.0 Å². The fourth-order valence-corrected chi connectivity index (χ4v) is 4.43. The fourth-order valence-electron chi connectivity index (χ4n) is 4.43. The van der Waals surface area contributed by atoms with Crippen LogP contribution in [0.2, 0.25) is 0 Å². The molecular formula is C21H30N4. The highest BCUT2D eigenvalue weighted by Gasteiger charge is 2.39. The van der Waals surface area contributed by atoms with E-state index in [-0.39, 0.29) is 0 Å². The van der Waals surface area contributed by atoms with Gasteiger partial charge in [-0.15, -0.1) is 0 Å². The number of unbranched alkanes of at least 4 members (excludes halogenated alkanes) is 1. The van der Waals surface area contributed by atoms with Gasteiger partial charge >= 0.3 is 0 Å². The molecular weight excluding hydrogens is 308 g/mol. The lowest BCUT2D eigenvalue weighted by molar-refractivity contribution is 0.255. The van der Waals surface area contributed by atoms with E-state index in [1.165, 1.54) is 56.4 Å². The van der Waals surface area contributed by atoms with Gasteiger partial charge in [-0.25, -0.2) is 4.68 Å². The van der Waals surface area contributed by atoms with Crippen LogP contribution in [0.15, 0.2) is 36.7 Å². The second-order valence-corrected chi connectivity index (χ2v) is 7.85. The quantitative estimate of drug-likeness (QED) is 0.807. The van der Waals surface area contributed by atoms with E-state index in [0.717, 1.165) is 24.2 Å². The summed E-state index contributed by atoms with van der Waals surface area (Å²) in [5, 5.41) is 4.59. The van der Waals surface area contributed by atoms with Crippen LogP contribution in [0.5, 0.6) is 0 Å². The Bertz CT molecular complexity index is 690. The molecule has 2 atom stereocenters. The Morgan fingerprint density at radius 2 is 1.96 bits per heavy atom. The molecule has 0 saturated carbocycles. The SMILES string of the molecule is CCCCc1ccc(-n2cc(CN3C[C@H]4CCN(C)[C@H]4C3)cn2)cc1. The van der Waals surface area contributed by atoms with E-state index in [9.17, 15) is 0 Å². The number of hydrogen-bond acceptors (Lipinski definition) is 3. The molecule has 3 heterocycles. The Balaban J connectivity index is 1.37. The predicted octanol–water partition coefficient (Wildman–Crippen LogP) is 3.35. The van der Waals surface area contributed by atoms with E-state index >= 15 is 0 Å². The van der Waals surface area contributed by atoms with Gasteiger partial charge in [0.25, 0.3) is 0 Å². The molecule has 2 saturated heterocycles. The van der Waals surface area contributed by atoms with Crippen LogP contribution in [0.4, 0.5) is 0 Å². The molecule has 2 fully saturated rings. The standard InChI is InChI=1S/C21H30N4/c1-3-4-5-17-6-8-20(9-7-17)25-14-18(12-22-25)13-24-15-19-10-11-23(2)21(19)16-24/h6-9,12,14,19,21H,3-5,10-11,13,15-16H2,1-2H3/t19-,21+/m1/s1. The summed E-state index contributed by atoms with van der Waals surface area (Å²) >= 11 is 0. The van der Waals surface area contributed by atoms with Gasteiger partial charge in [-0.05, 0) is 56.5 Å². The van der Waals surface area contributed by atoms with E-state index in [0.29, 0.717) is 0 Å². The molecule has 134 valence electrons. The maximum absolute atomic E-state index is 4.59. The number of aromatic nitrogens is 2. The summed E-state index contributed by atoms with van der Waals surface area (Å²) in [5.74, 6) is 0.871. The van der Waals surface area contributed by atoms with Gasteiger partial charge < -0.3 is 4.90 Å². The maximum Gasteiger partial charge on any atom is 0.0645 e. The zero-order valence-electron chi connectivity index (χ0n) is 15.6. The van der Waals surface area contributed by atoms with Crippen molar-refractivity contribution in [3.63, 3.8) is 0 Å². The zero-order valence-corrected chi connectivity index (χ0v) is 15.6. The second-order valence-electron chi connectivity index (χ2n) is 7.85. The average Bonchev–Trinajstić information content (AvgIpc) is 3.32. The van der Waals surface area contributed by atoms with Gasteiger partial charge in [0.1, 0.15) is 0 Å². The molecule has 1 aromatic carbocycles. The minimum Gasteiger partial charge on any atom is -0.302 e. The van der Waals surface area contributed by atoms with Gasteiger partial charge in [-0.1, -0.05) is 25.5 Å². The lowest BCUT2D eigenvalue weighted by atomic mass is 10.1. The van der Waals surface area contributed by atoms with Crippen molar-refractivity contribution in [1.29, 1.82) is 0 Å². The van der Waals surface area contributed by atoms with Crippen LogP contribution >= 0.6 is 0 Å². The number of fused-ring (bicyclic) bond motifs is 1. The highest BCUT2D eigenvalue weighted by molar-refractivity contribution is 5.34. The third-order valence-electron chi connectivity index (χ3n) is 5.96. The number of rotatable bonds is 6. The van der Waals surface area contributed by atoms with Crippen molar-refractivity contribution in [3.05, 3.63) is 47.8 Å². The first-order valence-corrected chi connectivity index (χ1v) is 9.78. The van der Waals surface area contributed by atoms with Crippen LogP contribution in [-0.4, -0.2) is 52.3 Å². The third-order valence-corrected chi connectivity index (χ3v) is 5.96. The van der Waals surface area contributed by atoms with E-state index in [2.05, 4.69) is 59.3 Å². The summed E-state index contributed by atoms with van der Waals surface area (Å²) in [6.07, 6.45) is 9.27. The Kier molecular flexibility index (Phi) is 4.91. The van der Waals surface area contributed by atoms with Crippen molar-refractivity contribution in [2.24, 2.45) is 5.92 Å². The van der Waals surface area contributed by atoms with Crippen molar-refractivity contribution >= 4 is 0 Å². The van der Waals surface area contributed by atoms with Crippen LogP contribution in [0, 0.1) is 5.92 Å². The molecule has 0 unspecified atom stereocenters. The molecule has 2 aliphatic heterocycles. The Morgan fingerprint density at radius 3 is 2.72 bits per heavy atom. The van der Waals surface area contributed by atoms with E-state index in [4.69, 9.17) is 0 Å². The molecule has 2 aliphatic rings. The number of aryl methyl sites for hydroxylation is 1.